The Labute approximate surface area is 105 Å². The minimum absolute atomic E-state index is 0.576. The van der Waals surface area contributed by atoms with Gasteiger partial charge in [-0.15, -0.1) is 0 Å². The number of hydrogen-bond acceptors (Lipinski definition) is 3. The molecule has 0 aliphatic carbocycles. The molecule has 4 heteroatoms. The van der Waals surface area contributed by atoms with Crippen molar-refractivity contribution in [2.45, 2.75) is 25.8 Å². The maximum Gasteiger partial charge on any atom is 0.128 e. The van der Waals surface area contributed by atoms with Crippen molar-refractivity contribution in [1.82, 2.24) is 4.98 Å². The van der Waals surface area contributed by atoms with Gasteiger partial charge in [-0.2, -0.15) is 0 Å². The smallest absolute Gasteiger partial charge is 0.128 e. The molecule has 16 heavy (non-hydrogen) atoms. The SMILES string of the molecule is CCN(c1ccc(Br)cn1)C1CCOCC1. The van der Waals surface area contributed by atoms with E-state index in [4.69, 9.17) is 4.74 Å². The van der Waals surface area contributed by atoms with E-state index in [-0.39, 0.29) is 0 Å². The second-order valence-corrected chi connectivity index (χ2v) is 4.88. The highest BCUT2D eigenvalue weighted by atomic mass is 79.9. The zero-order valence-electron chi connectivity index (χ0n) is 9.53. The average Bonchev–Trinajstić information content (AvgIpc) is 2.34. The normalized spacial score (nSPS) is 17.4. The lowest BCUT2D eigenvalue weighted by Gasteiger charge is -2.34. The van der Waals surface area contributed by atoms with Crippen LogP contribution in [0.5, 0.6) is 0 Å². The summed E-state index contributed by atoms with van der Waals surface area (Å²) < 4.78 is 6.42. The summed E-state index contributed by atoms with van der Waals surface area (Å²) in [6.07, 6.45) is 4.06. The summed E-state index contributed by atoms with van der Waals surface area (Å²) in [6, 6.07) is 4.69. The molecule has 0 aromatic carbocycles. The third-order valence-electron chi connectivity index (χ3n) is 2.98. The van der Waals surface area contributed by atoms with Gasteiger partial charge in [0.1, 0.15) is 5.82 Å². The Hall–Kier alpha value is -0.610. The van der Waals surface area contributed by atoms with Crippen LogP contribution in [0.1, 0.15) is 19.8 Å². The highest BCUT2D eigenvalue weighted by Crippen LogP contribution is 2.21. The summed E-state index contributed by atoms with van der Waals surface area (Å²) in [7, 11) is 0. The number of nitrogens with zero attached hydrogens (tertiary/aromatic N) is 2. The van der Waals surface area contributed by atoms with Crippen LogP contribution in [0.25, 0.3) is 0 Å². The molecule has 2 rings (SSSR count). The van der Waals surface area contributed by atoms with Crippen LogP contribution in [-0.4, -0.2) is 30.8 Å². The second-order valence-electron chi connectivity index (χ2n) is 3.96. The molecule has 0 amide bonds. The Morgan fingerprint density at radius 1 is 1.44 bits per heavy atom. The van der Waals surface area contributed by atoms with Crippen molar-refractivity contribution in [1.29, 1.82) is 0 Å². The zero-order valence-corrected chi connectivity index (χ0v) is 11.1. The van der Waals surface area contributed by atoms with E-state index in [9.17, 15) is 0 Å². The van der Waals surface area contributed by atoms with E-state index in [0.717, 1.165) is 42.9 Å². The molecular weight excluding hydrogens is 268 g/mol. The Kier molecular flexibility index (Phi) is 4.18. The quantitative estimate of drug-likeness (QED) is 0.854. The molecule has 0 atom stereocenters. The summed E-state index contributed by atoms with van der Waals surface area (Å²) in [4.78, 5) is 6.83. The van der Waals surface area contributed by atoms with Gasteiger partial charge < -0.3 is 9.64 Å². The maximum absolute atomic E-state index is 5.39. The maximum atomic E-state index is 5.39. The van der Waals surface area contributed by atoms with Gasteiger partial charge in [0.05, 0.1) is 0 Å². The first-order valence-corrected chi connectivity index (χ1v) is 6.56. The molecule has 88 valence electrons. The first-order chi connectivity index (χ1) is 7.81. The van der Waals surface area contributed by atoms with E-state index in [2.05, 4.69) is 38.8 Å². The van der Waals surface area contributed by atoms with Gasteiger partial charge in [-0.05, 0) is 47.8 Å². The van der Waals surface area contributed by atoms with E-state index >= 15 is 0 Å². The standard InChI is InChI=1S/C12H17BrN2O/c1-2-15(11-5-7-16-8-6-11)12-4-3-10(13)9-14-12/h3-4,9,11H,2,5-8H2,1H3. The first kappa shape index (κ1) is 11.9. The molecule has 0 saturated carbocycles. The number of hydrogen-bond donors (Lipinski definition) is 0. The molecule has 0 spiro atoms. The van der Waals surface area contributed by atoms with Crippen molar-refractivity contribution in [2.75, 3.05) is 24.7 Å². The predicted octanol–water partition coefficient (Wildman–Crippen LogP) is 2.85. The van der Waals surface area contributed by atoms with Crippen molar-refractivity contribution in [3.8, 4) is 0 Å². The molecule has 1 aliphatic heterocycles. The van der Waals surface area contributed by atoms with Crippen LogP contribution < -0.4 is 4.90 Å². The van der Waals surface area contributed by atoms with E-state index in [1.807, 2.05) is 12.3 Å². The number of aromatic nitrogens is 1. The molecule has 1 saturated heterocycles. The van der Waals surface area contributed by atoms with Gasteiger partial charge >= 0.3 is 0 Å². The van der Waals surface area contributed by atoms with Crippen LogP contribution in [0.4, 0.5) is 5.82 Å². The molecule has 2 heterocycles. The van der Waals surface area contributed by atoms with Gasteiger partial charge in [0.15, 0.2) is 0 Å². The van der Waals surface area contributed by atoms with Gasteiger partial charge in [-0.1, -0.05) is 0 Å². The van der Waals surface area contributed by atoms with Crippen molar-refractivity contribution in [3.63, 3.8) is 0 Å². The van der Waals surface area contributed by atoms with Crippen LogP contribution >= 0.6 is 15.9 Å². The topological polar surface area (TPSA) is 25.4 Å². The van der Waals surface area contributed by atoms with Crippen molar-refractivity contribution in [2.24, 2.45) is 0 Å². The van der Waals surface area contributed by atoms with Crippen LogP contribution in [0.15, 0.2) is 22.8 Å². The summed E-state index contributed by atoms with van der Waals surface area (Å²) in [5.41, 5.74) is 0. The Bertz CT molecular complexity index is 322. The molecule has 1 aromatic rings. The summed E-state index contributed by atoms with van der Waals surface area (Å²) in [5, 5.41) is 0. The molecule has 0 N–H and O–H groups in total. The van der Waals surface area contributed by atoms with Crippen molar-refractivity contribution >= 4 is 21.7 Å². The number of ether oxygens (including phenoxy) is 1. The highest BCUT2D eigenvalue weighted by molar-refractivity contribution is 9.10. The Morgan fingerprint density at radius 2 is 2.19 bits per heavy atom. The molecule has 0 unspecified atom stereocenters. The predicted molar refractivity (Wildman–Crippen MR) is 68.8 cm³/mol. The lowest BCUT2D eigenvalue weighted by atomic mass is 10.1. The fourth-order valence-electron chi connectivity index (χ4n) is 2.14. The van der Waals surface area contributed by atoms with Crippen molar-refractivity contribution < 1.29 is 4.74 Å². The monoisotopic (exact) mass is 284 g/mol. The van der Waals surface area contributed by atoms with Gasteiger partial charge in [0, 0.05) is 36.5 Å². The summed E-state index contributed by atoms with van der Waals surface area (Å²) in [5.74, 6) is 1.07. The van der Waals surface area contributed by atoms with Gasteiger partial charge in [0.2, 0.25) is 0 Å². The molecule has 0 bridgehead atoms. The number of rotatable bonds is 3. The molecule has 1 fully saturated rings. The van der Waals surface area contributed by atoms with Crippen LogP contribution in [0.2, 0.25) is 0 Å². The molecule has 0 radical (unpaired) electrons. The third kappa shape index (κ3) is 2.74. The van der Waals surface area contributed by atoms with Gasteiger partial charge in [-0.25, -0.2) is 4.98 Å². The minimum Gasteiger partial charge on any atom is -0.381 e. The zero-order chi connectivity index (χ0) is 11.4. The molecule has 1 aromatic heterocycles. The number of pyridine rings is 1. The molecule has 3 nitrogen and oxygen atoms in total. The lowest BCUT2D eigenvalue weighted by Crippen LogP contribution is -2.39. The van der Waals surface area contributed by atoms with Crippen LogP contribution in [0.3, 0.4) is 0 Å². The number of anilines is 1. The van der Waals surface area contributed by atoms with Gasteiger partial charge in [-0.3, -0.25) is 0 Å². The lowest BCUT2D eigenvalue weighted by molar-refractivity contribution is 0.0845. The Morgan fingerprint density at radius 3 is 2.75 bits per heavy atom. The van der Waals surface area contributed by atoms with E-state index in [1.165, 1.54) is 0 Å². The molecular formula is C12H17BrN2O. The summed E-state index contributed by atoms with van der Waals surface area (Å²) in [6.45, 7) is 4.92. The van der Waals surface area contributed by atoms with Crippen LogP contribution in [-0.2, 0) is 4.74 Å². The highest BCUT2D eigenvalue weighted by Gasteiger charge is 2.21. The summed E-state index contributed by atoms with van der Waals surface area (Å²) >= 11 is 3.41. The largest absolute Gasteiger partial charge is 0.381 e. The van der Waals surface area contributed by atoms with E-state index in [0.29, 0.717) is 6.04 Å². The van der Waals surface area contributed by atoms with E-state index in [1.54, 1.807) is 0 Å². The van der Waals surface area contributed by atoms with Gasteiger partial charge in [0.25, 0.3) is 0 Å². The van der Waals surface area contributed by atoms with Crippen LogP contribution in [0, 0.1) is 0 Å². The fourth-order valence-corrected chi connectivity index (χ4v) is 2.38. The fraction of sp³-hybridized carbons (Fsp3) is 0.583. The third-order valence-corrected chi connectivity index (χ3v) is 3.45. The average molecular weight is 285 g/mol. The number of halogens is 1. The van der Waals surface area contributed by atoms with E-state index < -0.39 is 0 Å². The van der Waals surface area contributed by atoms with Crippen molar-refractivity contribution in [3.05, 3.63) is 22.8 Å². The second kappa shape index (κ2) is 5.64. The minimum atomic E-state index is 0.576. The molecule has 1 aliphatic rings. The Balaban J connectivity index is 2.11. The first-order valence-electron chi connectivity index (χ1n) is 5.77.